The summed E-state index contributed by atoms with van der Waals surface area (Å²) in [7, 11) is 0. The molecular weight excluding hydrogens is 389 g/mol. The summed E-state index contributed by atoms with van der Waals surface area (Å²) in [6.45, 7) is 4.36. The number of likely N-dealkylation sites (tertiary alicyclic amines) is 2. The molecule has 0 aromatic heterocycles. The number of nitrogens with one attached hydrogen (secondary N) is 1. The van der Waals surface area contributed by atoms with Crippen LogP contribution in [0.4, 0.5) is 9.18 Å². The smallest absolute Gasteiger partial charge is 0.320 e. The largest absolute Gasteiger partial charge is 0.370 e. The van der Waals surface area contributed by atoms with Gasteiger partial charge in [-0.15, -0.1) is 0 Å². The Hall–Kier alpha value is -1.90. The van der Waals surface area contributed by atoms with Crippen LogP contribution in [-0.2, 0) is 20.9 Å². The van der Waals surface area contributed by atoms with Crippen molar-refractivity contribution in [2.75, 3.05) is 32.8 Å². The molecule has 3 amide bonds. The summed E-state index contributed by atoms with van der Waals surface area (Å²) in [5, 5.41) is 3.27. The molecule has 7 nitrogen and oxygen atoms in total. The van der Waals surface area contributed by atoms with Crippen LogP contribution >= 0.6 is 11.6 Å². The minimum absolute atomic E-state index is 0.0541. The SMILES string of the molecule is C[C@]12CCN(C(=O)N3CC(OCc4ccc(F)cc4Cl)C3)C[C@H]1NC(=O)CO2. The van der Waals surface area contributed by atoms with E-state index in [2.05, 4.69) is 5.32 Å². The highest BCUT2D eigenvalue weighted by atomic mass is 35.5. The number of rotatable bonds is 3. The number of hydrogen-bond acceptors (Lipinski definition) is 4. The Morgan fingerprint density at radius 3 is 2.93 bits per heavy atom. The second-order valence-corrected chi connectivity index (χ2v) is 8.18. The quantitative estimate of drug-likeness (QED) is 0.823. The summed E-state index contributed by atoms with van der Waals surface area (Å²) in [6.07, 6.45) is 0.610. The first-order valence-corrected chi connectivity index (χ1v) is 9.74. The Bertz CT molecular complexity index is 788. The van der Waals surface area contributed by atoms with Gasteiger partial charge in [0.1, 0.15) is 12.4 Å². The highest BCUT2D eigenvalue weighted by molar-refractivity contribution is 6.31. The predicted octanol–water partition coefficient (Wildman–Crippen LogP) is 1.78. The lowest BCUT2D eigenvalue weighted by molar-refractivity contribution is -0.156. The van der Waals surface area contributed by atoms with E-state index in [1.54, 1.807) is 15.9 Å². The molecule has 1 aromatic carbocycles. The van der Waals surface area contributed by atoms with Crippen LogP contribution in [0.1, 0.15) is 18.9 Å². The fourth-order valence-corrected chi connectivity index (χ4v) is 4.02. The third-order valence-corrected chi connectivity index (χ3v) is 6.12. The average Bonchev–Trinajstić information content (AvgIpc) is 2.62. The monoisotopic (exact) mass is 411 g/mol. The number of morpholine rings is 1. The fourth-order valence-electron chi connectivity index (χ4n) is 3.79. The van der Waals surface area contributed by atoms with Gasteiger partial charge in [-0.05, 0) is 31.0 Å². The van der Waals surface area contributed by atoms with Crippen molar-refractivity contribution in [3.63, 3.8) is 0 Å². The molecule has 9 heteroatoms. The molecule has 3 fully saturated rings. The van der Waals surface area contributed by atoms with Crippen LogP contribution in [-0.4, -0.2) is 72.3 Å². The number of hydrogen-bond donors (Lipinski definition) is 1. The van der Waals surface area contributed by atoms with E-state index in [0.717, 1.165) is 5.56 Å². The number of urea groups is 1. The van der Waals surface area contributed by atoms with Crippen LogP contribution in [0.3, 0.4) is 0 Å². The number of ether oxygens (including phenoxy) is 2. The molecule has 3 saturated heterocycles. The number of amides is 3. The van der Waals surface area contributed by atoms with E-state index in [1.807, 2.05) is 6.92 Å². The maximum absolute atomic E-state index is 13.1. The molecule has 2 atom stereocenters. The zero-order valence-electron chi connectivity index (χ0n) is 15.6. The summed E-state index contributed by atoms with van der Waals surface area (Å²) in [5.41, 5.74) is 0.302. The molecule has 1 N–H and O–H groups in total. The predicted molar refractivity (Wildman–Crippen MR) is 99.4 cm³/mol. The first-order chi connectivity index (χ1) is 13.3. The van der Waals surface area contributed by atoms with Crippen LogP contribution in [0.25, 0.3) is 0 Å². The van der Waals surface area contributed by atoms with Crippen molar-refractivity contribution >= 4 is 23.5 Å². The Kier molecular flexibility index (Phi) is 5.20. The standard InChI is InChI=1S/C19H23ClFN3O4/c1-19-4-5-23(9-16(19)22-17(25)11-28-19)18(26)24-7-14(8-24)27-10-12-2-3-13(21)6-15(12)20/h2-3,6,14,16H,4-5,7-11H2,1H3,(H,22,25)/t16-,19+/m1/s1. The molecule has 3 aliphatic heterocycles. The first-order valence-electron chi connectivity index (χ1n) is 9.37. The van der Waals surface area contributed by atoms with Gasteiger partial charge in [-0.3, -0.25) is 4.79 Å². The maximum atomic E-state index is 13.1. The second kappa shape index (κ2) is 7.50. The lowest BCUT2D eigenvalue weighted by Gasteiger charge is -2.50. The summed E-state index contributed by atoms with van der Waals surface area (Å²) < 4.78 is 24.6. The van der Waals surface area contributed by atoms with Crippen LogP contribution in [0, 0.1) is 5.82 Å². The van der Waals surface area contributed by atoms with Crippen LogP contribution in [0.5, 0.6) is 0 Å². The molecule has 0 aliphatic carbocycles. The van der Waals surface area contributed by atoms with Gasteiger partial charge < -0.3 is 24.6 Å². The van der Waals surface area contributed by atoms with Crippen molar-refractivity contribution < 1.29 is 23.5 Å². The molecule has 3 aliphatic rings. The molecule has 0 saturated carbocycles. The van der Waals surface area contributed by atoms with Gasteiger partial charge in [0.05, 0.1) is 37.4 Å². The third-order valence-electron chi connectivity index (χ3n) is 5.77. The van der Waals surface area contributed by atoms with Crippen LogP contribution in [0.15, 0.2) is 18.2 Å². The van der Waals surface area contributed by atoms with Crippen LogP contribution in [0.2, 0.25) is 5.02 Å². The number of benzene rings is 1. The number of halogens is 2. The van der Waals surface area contributed by atoms with E-state index in [0.29, 0.717) is 37.6 Å². The first kappa shape index (κ1) is 19.4. The van der Waals surface area contributed by atoms with Crippen molar-refractivity contribution in [2.45, 2.75) is 37.7 Å². The number of fused-ring (bicyclic) bond motifs is 1. The Morgan fingerprint density at radius 1 is 1.39 bits per heavy atom. The molecule has 152 valence electrons. The summed E-state index contributed by atoms with van der Waals surface area (Å²) in [4.78, 5) is 27.8. The lowest BCUT2D eigenvalue weighted by atomic mass is 9.87. The highest BCUT2D eigenvalue weighted by Gasteiger charge is 2.46. The fraction of sp³-hybridized carbons (Fsp3) is 0.579. The lowest BCUT2D eigenvalue weighted by Crippen LogP contribution is -2.69. The van der Waals surface area contributed by atoms with E-state index >= 15 is 0 Å². The summed E-state index contributed by atoms with van der Waals surface area (Å²) in [5.74, 6) is -0.528. The van der Waals surface area contributed by atoms with Gasteiger partial charge in [-0.1, -0.05) is 17.7 Å². The van der Waals surface area contributed by atoms with E-state index in [-0.39, 0.29) is 43.1 Å². The maximum Gasteiger partial charge on any atom is 0.320 e. The van der Waals surface area contributed by atoms with Gasteiger partial charge in [0.25, 0.3) is 0 Å². The third kappa shape index (κ3) is 3.81. The molecule has 0 bridgehead atoms. The van der Waals surface area contributed by atoms with Gasteiger partial charge in [-0.25, -0.2) is 9.18 Å². The Labute approximate surface area is 167 Å². The molecule has 0 unspecified atom stereocenters. The Morgan fingerprint density at radius 2 is 2.18 bits per heavy atom. The van der Waals surface area contributed by atoms with E-state index in [9.17, 15) is 14.0 Å². The minimum Gasteiger partial charge on any atom is -0.370 e. The topological polar surface area (TPSA) is 71.1 Å². The zero-order valence-corrected chi connectivity index (χ0v) is 16.4. The molecular formula is C19H23ClFN3O4. The molecule has 0 radical (unpaired) electrons. The zero-order chi connectivity index (χ0) is 19.9. The van der Waals surface area contributed by atoms with Crippen molar-refractivity contribution in [1.29, 1.82) is 0 Å². The number of carbonyl (C=O) groups excluding carboxylic acids is 2. The van der Waals surface area contributed by atoms with E-state index in [4.69, 9.17) is 21.1 Å². The minimum atomic E-state index is -0.417. The van der Waals surface area contributed by atoms with Crippen molar-refractivity contribution in [2.24, 2.45) is 0 Å². The van der Waals surface area contributed by atoms with Gasteiger partial charge in [0.2, 0.25) is 5.91 Å². The van der Waals surface area contributed by atoms with Gasteiger partial charge >= 0.3 is 6.03 Å². The summed E-state index contributed by atoms with van der Waals surface area (Å²) >= 11 is 6.00. The second-order valence-electron chi connectivity index (χ2n) is 7.77. The molecule has 28 heavy (non-hydrogen) atoms. The van der Waals surface area contributed by atoms with E-state index in [1.165, 1.54) is 12.1 Å². The molecule has 4 rings (SSSR count). The van der Waals surface area contributed by atoms with Crippen molar-refractivity contribution in [3.8, 4) is 0 Å². The van der Waals surface area contributed by atoms with Crippen LogP contribution < -0.4 is 5.32 Å². The molecule has 1 aromatic rings. The molecule has 3 heterocycles. The Balaban J connectivity index is 1.25. The van der Waals surface area contributed by atoms with Crippen molar-refractivity contribution in [3.05, 3.63) is 34.6 Å². The van der Waals surface area contributed by atoms with Gasteiger partial charge in [-0.2, -0.15) is 0 Å². The highest BCUT2D eigenvalue weighted by Crippen LogP contribution is 2.30. The normalized spacial score (nSPS) is 27.8. The average molecular weight is 412 g/mol. The molecule has 0 spiro atoms. The van der Waals surface area contributed by atoms with Gasteiger partial charge in [0.15, 0.2) is 0 Å². The number of nitrogens with zero attached hydrogens (tertiary/aromatic N) is 2. The number of carbonyl (C=O) groups is 2. The van der Waals surface area contributed by atoms with E-state index < -0.39 is 5.60 Å². The summed E-state index contributed by atoms with van der Waals surface area (Å²) in [6, 6.07) is 3.96. The van der Waals surface area contributed by atoms with Gasteiger partial charge in [0, 0.05) is 18.1 Å². The number of piperidine rings is 1. The van der Waals surface area contributed by atoms with Crippen molar-refractivity contribution in [1.82, 2.24) is 15.1 Å².